The number of ether oxygens (including phenoxy) is 1. The van der Waals surface area contributed by atoms with Crippen molar-refractivity contribution in [3.05, 3.63) is 29.8 Å². The molecular formula is C23H27F5N4O3. The first-order valence-electron chi connectivity index (χ1n) is 11.5. The van der Waals surface area contributed by atoms with E-state index in [9.17, 15) is 31.5 Å². The average Bonchev–Trinajstić information content (AvgIpc) is 3.35. The van der Waals surface area contributed by atoms with E-state index in [1.807, 2.05) is 13.8 Å². The Morgan fingerprint density at radius 1 is 1.26 bits per heavy atom. The standard InChI is InChI=1S/C23H27F5N4O3/c1-3-21(4-2)10-17(33)32(20(29)31-21)11-13-18(22(13,24)25)19(34)30-14-9-16(23(26,27)28)35-15-8-6-5-7-12(14)15/h5-8,13-14,16,18H,3-4,9-11H2,1-2H3,(H2,29,31)(H,30,34)/t13-,14+,16+,18?/m1/s1. The topological polar surface area (TPSA) is 97.0 Å². The minimum absolute atomic E-state index is 0.0214. The number of nitrogens with one attached hydrogen (secondary N) is 1. The van der Waals surface area contributed by atoms with Gasteiger partial charge in [-0.25, -0.2) is 13.8 Å². The number of alkyl halides is 5. The van der Waals surface area contributed by atoms with E-state index in [4.69, 9.17) is 10.5 Å². The van der Waals surface area contributed by atoms with Crippen molar-refractivity contribution in [1.29, 1.82) is 0 Å². The van der Waals surface area contributed by atoms with Gasteiger partial charge in [0.25, 0.3) is 5.92 Å². The fourth-order valence-electron chi connectivity index (χ4n) is 4.89. The largest absolute Gasteiger partial charge is 0.480 e. The number of fused-ring (bicyclic) bond motifs is 1. The van der Waals surface area contributed by atoms with Crippen LogP contribution in [0.15, 0.2) is 29.3 Å². The Morgan fingerprint density at radius 3 is 2.51 bits per heavy atom. The summed E-state index contributed by atoms with van der Waals surface area (Å²) in [4.78, 5) is 30.8. The monoisotopic (exact) mass is 502 g/mol. The van der Waals surface area contributed by atoms with Gasteiger partial charge >= 0.3 is 6.18 Å². The Bertz CT molecular complexity index is 1040. The van der Waals surface area contributed by atoms with Crippen LogP contribution in [0.25, 0.3) is 0 Å². The highest BCUT2D eigenvalue weighted by atomic mass is 19.4. The zero-order valence-corrected chi connectivity index (χ0v) is 19.2. The molecule has 1 saturated carbocycles. The Morgan fingerprint density at radius 2 is 1.91 bits per heavy atom. The van der Waals surface area contributed by atoms with Crippen LogP contribution in [0.1, 0.15) is 51.1 Å². The van der Waals surface area contributed by atoms with Crippen molar-refractivity contribution in [2.45, 2.75) is 69.3 Å². The number of nitrogens with two attached hydrogens (primary N) is 1. The van der Waals surface area contributed by atoms with Crippen LogP contribution >= 0.6 is 0 Å². The first-order chi connectivity index (χ1) is 16.3. The number of carbonyl (C=O) groups excluding carboxylic acids is 2. The van der Waals surface area contributed by atoms with Crippen LogP contribution in [-0.4, -0.2) is 53.0 Å². The van der Waals surface area contributed by atoms with Gasteiger partial charge in [-0.3, -0.25) is 14.5 Å². The van der Waals surface area contributed by atoms with E-state index >= 15 is 0 Å². The minimum atomic E-state index is -4.69. The van der Waals surface area contributed by atoms with Gasteiger partial charge in [-0.1, -0.05) is 32.0 Å². The van der Waals surface area contributed by atoms with Crippen molar-refractivity contribution in [3.8, 4) is 5.75 Å². The number of halogens is 5. The molecule has 12 heteroatoms. The first-order valence-corrected chi connectivity index (χ1v) is 11.5. The van der Waals surface area contributed by atoms with Crippen molar-refractivity contribution in [3.63, 3.8) is 0 Å². The lowest BCUT2D eigenvalue weighted by molar-refractivity contribution is -0.201. The van der Waals surface area contributed by atoms with Crippen molar-refractivity contribution < 1.29 is 36.3 Å². The van der Waals surface area contributed by atoms with E-state index in [1.54, 1.807) is 6.07 Å². The normalized spacial score (nSPS) is 29.1. The third-order valence-electron chi connectivity index (χ3n) is 7.28. The molecule has 2 amide bonds. The summed E-state index contributed by atoms with van der Waals surface area (Å²) >= 11 is 0. The van der Waals surface area contributed by atoms with E-state index in [2.05, 4.69) is 10.3 Å². The molecule has 0 saturated heterocycles. The molecule has 0 radical (unpaired) electrons. The van der Waals surface area contributed by atoms with Crippen LogP contribution in [0.4, 0.5) is 22.0 Å². The molecule has 1 aromatic rings. The summed E-state index contributed by atoms with van der Waals surface area (Å²) in [7, 11) is 0. The van der Waals surface area contributed by atoms with Gasteiger partial charge in [-0.15, -0.1) is 0 Å². The number of hydrogen-bond acceptors (Lipinski definition) is 5. The Labute approximate surface area is 198 Å². The Kier molecular flexibility index (Phi) is 6.21. The molecule has 4 rings (SSSR count). The zero-order valence-electron chi connectivity index (χ0n) is 19.2. The lowest BCUT2D eigenvalue weighted by Gasteiger charge is -2.36. The van der Waals surface area contributed by atoms with Gasteiger partial charge in [0.15, 0.2) is 12.1 Å². The van der Waals surface area contributed by atoms with Crippen LogP contribution in [0.2, 0.25) is 0 Å². The number of nitrogens with zero attached hydrogens (tertiary/aromatic N) is 2. The van der Waals surface area contributed by atoms with Crippen LogP contribution in [0.5, 0.6) is 5.75 Å². The predicted octanol–water partition coefficient (Wildman–Crippen LogP) is 3.54. The van der Waals surface area contributed by atoms with Crippen LogP contribution in [0, 0.1) is 11.8 Å². The van der Waals surface area contributed by atoms with Crippen LogP contribution < -0.4 is 15.8 Å². The molecule has 1 fully saturated rings. The molecular weight excluding hydrogens is 475 g/mol. The number of hydrogen-bond donors (Lipinski definition) is 2. The maximum absolute atomic E-state index is 14.6. The molecule has 0 spiro atoms. The maximum Gasteiger partial charge on any atom is 0.425 e. The maximum atomic E-state index is 14.6. The van der Waals surface area contributed by atoms with Gasteiger partial charge in [0.05, 0.1) is 23.9 Å². The highest BCUT2D eigenvalue weighted by Gasteiger charge is 2.72. The number of benzene rings is 1. The number of aliphatic imine (C=N–C) groups is 1. The molecule has 2 aliphatic heterocycles. The molecule has 192 valence electrons. The van der Waals surface area contributed by atoms with Gasteiger partial charge in [0.2, 0.25) is 11.8 Å². The molecule has 3 aliphatic rings. The van der Waals surface area contributed by atoms with Crippen molar-refractivity contribution >= 4 is 17.8 Å². The fraction of sp³-hybridized carbons (Fsp3) is 0.609. The minimum Gasteiger partial charge on any atom is -0.480 e. The number of rotatable bonds is 6. The van der Waals surface area contributed by atoms with Crippen molar-refractivity contribution in [2.24, 2.45) is 22.6 Å². The number of guanidine groups is 1. The first kappa shape index (κ1) is 25.2. The summed E-state index contributed by atoms with van der Waals surface area (Å²) in [6, 6.07) is 4.69. The number of amides is 2. The van der Waals surface area contributed by atoms with E-state index in [0.717, 1.165) is 4.90 Å². The number of para-hydroxylation sites is 1. The van der Waals surface area contributed by atoms with E-state index in [0.29, 0.717) is 12.8 Å². The summed E-state index contributed by atoms with van der Waals surface area (Å²) < 4.78 is 74.3. The summed E-state index contributed by atoms with van der Waals surface area (Å²) in [5.74, 6) is -8.53. The van der Waals surface area contributed by atoms with Gasteiger partial charge in [-0.05, 0) is 18.9 Å². The average molecular weight is 502 g/mol. The lowest BCUT2D eigenvalue weighted by atomic mass is 9.88. The molecule has 1 aliphatic carbocycles. The lowest BCUT2D eigenvalue weighted by Crippen LogP contribution is -2.52. The molecule has 2 heterocycles. The molecule has 0 bridgehead atoms. The van der Waals surface area contributed by atoms with Crippen LogP contribution in [-0.2, 0) is 9.59 Å². The quantitative estimate of drug-likeness (QED) is 0.582. The van der Waals surface area contributed by atoms with Crippen molar-refractivity contribution in [1.82, 2.24) is 10.2 Å². The van der Waals surface area contributed by atoms with Gasteiger partial charge in [0, 0.05) is 18.5 Å². The third-order valence-corrected chi connectivity index (χ3v) is 7.28. The molecule has 7 nitrogen and oxygen atoms in total. The predicted molar refractivity (Wildman–Crippen MR) is 116 cm³/mol. The third kappa shape index (κ3) is 4.54. The Balaban J connectivity index is 1.49. The molecule has 1 aromatic carbocycles. The van der Waals surface area contributed by atoms with E-state index in [1.165, 1.54) is 18.2 Å². The second kappa shape index (κ2) is 8.63. The SMILES string of the molecule is CCC1(CC)CC(=O)N(C[C@@H]2C(C(=O)N[C@H]3C[C@@H](C(F)(F)F)Oc4ccccc43)C2(F)F)C(N)=N1. The molecule has 35 heavy (non-hydrogen) atoms. The highest BCUT2D eigenvalue weighted by Crippen LogP contribution is 2.56. The molecule has 4 atom stereocenters. The summed E-state index contributed by atoms with van der Waals surface area (Å²) in [6.07, 6.45) is -6.39. The summed E-state index contributed by atoms with van der Waals surface area (Å²) in [5.41, 5.74) is 5.53. The van der Waals surface area contributed by atoms with Gasteiger partial charge in [0.1, 0.15) is 11.7 Å². The molecule has 0 aromatic heterocycles. The molecule has 1 unspecified atom stereocenters. The van der Waals surface area contributed by atoms with Crippen molar-refractivity contribution in [2.75, 3.05) is 6.54 Å². The number of carbonyl (C=O) groups is 2. The summed E-state index contributed by atoms with van der Waals surface area (Å²) in [5, 5.41) is 2.35. The molecule has 3 N–H and O–H groups in total. The summed E-state index contributed by atoms with van der Waals surface area (Å²) in [6.45, 7) is 3.21. The second-order valence-corrected chi connectivity index (χ2v) is 9.32. The van der Waals surface area contributed by atoms with E-state index < -0.39 is 66.4 Å². The smallest absolute Gasteiger partial charge is 0.425 e. The zero-order chi connectivity index (χ0) is 25.8. The second-order valence-electron chi connectivity index (χ2n) is 9.32. The van der Waals surface area contributed by atoms with Gasteiger partial charge in [-0.2, -0.15) is 13.2 Å². The van der Waals surface area contributed by atoms with Crippen LogP contribution in [0.3, 0.4) is 0 Å². The highest BCUT2D eigenvalue weighted by molar-refractivity contribution is 5.99. The van der Waals surface area contributed by atoms with Gasteiger partial charge < -0.3 is 15.8 Å². The van der Waals surface area contributed by atoms with E-state index in [-0.39, 0.29) is 23.7 Å². The Hall–Kier alpha value is -2.92. The fourth-order valence-corrected chi connectivity index (χ4v) is 4.89.